The van der Waals surface area contributed by atoms with Crippen molar-refractivity contribution in [2.75, 3.05) is 0 Å². The number of aliphatic hydroxyl groups is 1. The highest BCUT2D eigenvalue weighted by molar-refractivity contribution is 5.76. The van der Waals surface area contributed by atoms with Gasteiger partial charge in [0.15, 0.2) is 0 Å². The summed E-state index contributed by atoms with van der Waals surface area (Å²) in [5.41, 5.74) is 0.810. The molecule has 0 saturated heterocycles. The van der Waals surface area contributed by atoms with Crippen LogP contribution in [0.1, 0.15) is 11.7 Å². The van der Waals surface area contributed by atoms with Gasteiger partial charge in [0.25, 0.3) is 5.56 Å². The molecule has 2 aromatic carbocycles. The number of rotatable bonds is 3. The Morgan fingerprint density at radius 1 is 1.19 bits per heavy atom. The number of para-hydroxylation sites is 1. The maximum Gasteiger partial charge on any atom is 0.261 e. The van der Waals surface area contributed by atoms with E-state index < -0.39 is 11.9 Å². The van der Waals surface area contributed by atoms with Crippen molar-refractivity contribution >= 4 is 10.9 Å². The number of halogens is 1. The Morgan fingerprint density at radius 2 is 2.00 bits per heavy atom. The van der Waals surface area contributed by atoms with E-state index in [9.17, 15) is 14.3 Å². The fraction of sp³-hybridized carbons (Fsp3) is 0.125. The molecular weight excluding hydrogens is 271 g/mol. The van der Waals surface area contributed by atoms with Crippen LogP contribution in [-0.4, -0.2) is 14.7 Å². The Balaban J connectivity index is 1.95. The van der Waals surface area contributed by atoms with Crippen LogP contribution < -0.4 is 5.56 Å². The molecule has 21 heavy (non-hydrogen) atoms. The van der Waals surface area contributed by atoms with E-state index >= 15 is 0 Å². The van der Waals surface area contributed by atoms with Crippen molar-refractivity contribution < 1.29 is 9.50 Å². The van der Waals surface area contributed by atoms with Gasteiger partial charge in [0.2, 0.25) is 0 Å². The van der Waals surface area contributed by atoms with Gasteiger partial charge < -0.3 is 5.11 Å². The molecule has 0 saturated carbocycles. The predicted molar refractivity (Wildman–Crippen MR) is 77.4 cm³/mol. The van der Waals surface area contributed by atoms with E-state index in [1.54, 1.807) is 30.3 Å². The lowest BCUT2D eigenvalue weighted by molar-refractivity contribution is 0.154. The zero-order valence-electron chi connectivity index (χ0n) is 11.1. The van der Waals surface area contributed by atoms with Crippen LogP contribution in [0.3, 0.4) is 0 Å². The average molecular weight is 284 g/mol. The summed E-state index contributed by atoms with van der Waals surface area (Å²) in [5, 5.41) is 10.6. The minimum atomic E-state index is -0.971. The summed E-state index contributed by atoms with van der Waals surface area (Å²) in [5.74, 6) is -0.421. The zero-order chi connectivity index (χ0) is 14.8. The summed E-state index contributed by atoms with van der Waals surface area (Å²) < 4.78 is 14.5. The second-order valence-electron chi connectivity index (χ2n) is 4.79. The molecule has 0 radical (unpaired) electrons. The van der Waals surface area contributed by atoms with Gasteiger partial charge in [-0.3, -0.25) is 9.36 Å². The van der Waals surface area contributed by atoms with Gasteiger partial charge in [-0.2, -0.15) is 0 Å². The van der Waals surface area contributed by atoms with Crippen molar-refractivity contribution in [2.45, 2.75) is 12.6 Å². The van der Waals surface area contributed by atoms with E-state index in [2.05, 4.69) is 4.98 Å². The molecule has 1 aromatic heterocycles. The first kappa shape index (κ1) is 13.5. The Labute approximate surface area is 120 Å². The maximum absolute atomic E-state index is 13.2. The van der Waals surface area contributed by atoms with Crippen molar-refractivity contribution in [3.63, 3.8) is 0 Å². The van der Waals surface area contributed by atoms with Gasteiger partial charge in [-0.25, -0.2) is 9.37 Å². The molecule has 1 unspecified atom stereocenters. The van der Waals surface area contributed by atoms with Gasteiger partial charge in [0, 0.05) is 0 Å². The largest absolute Gasteiger partial charge is 0.387 e. The summed E-state index contributed by atoms with van der Waals surface area (Å²) in [7, 11) is 0. The van der Waals surface area contributed by atoms with Gasteiger partial charge in [-0.15, -0.1) is 0 Å². The molecule has 0 fully saturated rings. The second kappa shape index (κ2) is 5.46. The lowest BCUT2D eigenvalue weighted by Crippen LogP contribution is -2.23. The molecule has 3 aromatic rings. The highest BCUT2D eigenvalue weighted by Crippen LogP contribution is 2.15. The third kappa shape index (κ3) is 2.68. The van der Waals surface area contributed by atoms with Crippen LogP contribution in [0.4, 0.5) is 4.39 Å². The third-order valence-corrected chi connectivity index (χ3v) is 3.33. The Hall–Kier alpha value is -2.53. The van der Waals surface area contributed by atoms with Crippen molar-refractivity contribution in [1.82, 2.24) is 9.55 Å². The van der Waals surface area contributed by atoms with Gasteiger partial charge in [0.05, 0.1) is 29.9 Å². The summed E-state index contributed by atoms with van der Waals surface area (Å²) in [6.45, 7) is 0.0279. The standard InChI is InChI=1S/C16H13FN2O2/c17-12-5-3-4-11(8-12)15(20)9-19-10-18-14-7-2-1-6-13(14)16(19)21/h1-8,10,15,20H,9H2. The molecular formula is C16H13FN2O2. The van der Waals surface area contributed by atoms with Crippen molar-refractivity contribution in [3.8, 4) is 0 Å². The summed E-state index contributed by atoms with van der Waals surface area (Å²) in [6.07, 6.45) is 0.425. The average Bonchev–Trinajstić information content (AvgIpc) is 2.50. The number of aliphatic hydroxyl groups excluding tert-OH is 1. The van der Waals surface area contributed by atoms with Crippen LogP contribution in [0.25, 0.3) is 10.9 Å². The smallest absolute Gasteiger partial charge is 0.261 e. The van der Waals surface area contributed by atoms with Crippen molar-refractivity contribution in [1.29, 1.82) is 0 Å². The molecule has 0 amide bonds. The molecule has 5 heteroatoms. The van der Waals surface area contributed by atoms with E-state index in [-0.39, 0.29) is 12.1 Å². The zero-order valence-corrected chi connectivity index (χ0v) is 11.1. The van der Waals surface area contributed by atoms with Crippen LogP contribution in [0.15, 0.2) is 59.7 Å². The molecule has 106 valence electrons. The maximum atomic E-state index is 13.2. The highest BCUT2D eigenvalue weighted by Gasteiger charge is 2.11. The second-order valence-corrected chi connectivity index (χ2v) is 4.79. The number of benzene rings is 2. The Bertz CT molecular complexity index is 845. The molecule has 3 rings (SSSR count). The Kier molecular flexibility index (Phi) is 3.50. The molecule has 1 N–H and O–H groups in total. The number of hydrogen-bond donors (Lipinski definition) is 1. The first-order valence-corrected chi connectivity index (χ1v) is 6.53. The fourth-order valence-electron chi connectivity index (χ4n) is 2.24. The van der Waals surface area contributed by atoms with Crippen LogP contribution in [0.5, 0.6) is 0 Å². The monoisotopic (exact) mass is 284 g/mol. The molecule has 0 bridgehead atoms. The molecule has 4 nitrogen and oxygen atoms in total. The number of hydrogen-bond acceptors (Lipinski definition) is 3. The van der Waals surface area contributed by atoms with Crippen LogP contribution in [0, 0.1) is 5.82 Å². The van der Waals surface area contributed by atoms with Crippen molar-refractivity contribution in [2.24, 2.45) is 0 Å². The minimum Gasteiger partial charge on any atom is -0.387 e. The number of fused-ring (bicyclic) bond motifs is 1. The van der Waals surface area contributed by atoms with E-state index in [1.807, 2.05) is 0 Å². The van der Waals surface area contributed by atoms with E-state index in [0.29, 0.717) is 16.5 Å². The van der Waals surface area contributed by atoms with E-state index in [0.717, 1.165) is 0 Å². The number of aromatic nitrogens is 2. The molecule has 0 aliphatic rings. The lowest BCUT2D eigenvalue weighted by atomic mass is 10.1. The topological polar surface area (TPSA) is 55.1 Å². The molecule has 1 atom stereocenters. The van der Waals surface area contributed by atoms with Gasteiger partial charge in [-0.05, 0) is 29.8 Å². The van der Waals surface area contributed by atoms with Gasteiger partial charge >= 0.3 is 0 Å². The molecule has 0 aliphatic carbocycles. The lowest BCUT2D eigenvalue weighted by Gasteiger charge is -2.13. The summed E-state index contributed by atoms with van der Waals surface area (Å²) >= 11 is 0. The van der Waals surface area contributed by atoms with E-state index in [1.165, 1.54) is 29.1 Å². The number of nitrogens with zero attached hydrogens (tertiary/aromatic N) is 2. The SMILES string of the molecule is O=c1c2ccccc2ncn1CC(O)c1cccc(F)c1. The highest BCUT2D eigenvalue weighted by atomic mass is 19.1. The quantitative estimate of drug-likeness (QED) is 0.802. The first-order chi connectivity index (χ1) is 10.1. The predicted octanol–water partition coefficient (Wildman–Crippen LogP) is 2.27. The third-order valence-electron chi connectivity index (χ3n) is 3.33. The molecule has 1 heterocycles. The van der Waals surface area contributed by atoms with Crippen LogP contribution >= 0.6 is 0 Å². The molecule has 0 aliphatic heterocycles. The summed E-state index contributed by atoms with van der Waals surface area (Å²) in [6, 6.07) is 12.7. The Morgan fingerprint density at radius 3 is 2.81 bits per heavy atom. The minimum absolute atomic E-state index is 0.0279. The van der Waals surface area contributed by atoms with Crippen molar-refractivity contribution in [3.05, 3.63) is 76.6 Å². The van der Waals surface area contributed by atoms with E-state index in [4.69, 9.17) is 0 Å². The van der Waals surface area contributed by atoms with Crippen LogP contribution in [0.2, 0.25) is 0 Å². The molecule has 0 spiro atoms. The fourth-order valence-corrected chi connectivity index (χ4v) is 2.24. The van der Waals surface area contributed by atoms with Gasteiger partial charge in [0.1, 0.15) is 5.82 Å². The van der Waals surface area contributed by atoms with Gasteiger partial charge in [-0.1, -0.05) is 24.3 Å². The first-order valence-electron chi connectivity index (χ1n) is 6.53. The summed E-state index contributed by atoms with van der Waals surface area (Å²) in [4.78, 5) is 16.5. The van der Waals surface area contributed by atoms with Crippen LogP contribution in [-0.2, 0) is 6.54 Å². The normalized spacial score (nSPS) is 12.5.